The van der Waals surface area contributed by atoms with E-state index in [2.05, 4.69) is 51.4 Å². The summed E-state index contributed by atoms with van der Waals surface area (Å²) in [7, 11) is 0. The predicted octanol–water partition coefficient (Wildman–Crippen LogP) is 4.96. The van der Waals surface area contributed by atoms with Gasteiger partial charge in [-0.2, -0.15) is 0 Å². The minimum atomic E-state index is -0.267. The Hall–Kier alpha value is -3.52. The summed E-state index contributed by atoms with van der Waals surface area (Å²) in [6.45, 7) is 5.71. The lowest BCUT2D eigenvalue weighted by molar-refractivity contribution is -0.131. The van der Waals surface area contributed by atoms with Gasteiger partial charge in [0.25, 0.3) is 0 Å². The topological polar surface area (TPSA) is 61.4 Å². The molecule has 1 N–H and O–H groups in total. The fourth-order valence-electron chi connectivity index (χ4n) is 4.34. The normalized spacial score (nSPS) is 13.9. The number of hydrogen-bond acceptors (Lipinski definition) is 6. The first kappa shape index (κ1) is 22.3. The summed E-state index contributed by atoms with van der Waals surface area (Å²) in [6, 6.07) is 14.9. The van der Waals surface area contributed by atoms with Gasteiger partial charge < -0.3 is 15.1 Å². The zero-order valence-corrected chi connectivity index (χ0v) is 19.8. The Labute approximate surface area is 202 Å². The first-order valence-corrected chi connectivity index (χ1v) is 12.3. The summed E-state index contributed by atoms with van der Waals surface area (Å²) in [5.74, 6) is 0.574. The minimum Gasteiger partial charge on any atom is -0.369 e. The number of hydrogen-bond donors (Lipinski definition) is 1. The van der Waals surface area contributed by atoms with Crippen molar-refractivity contribution in [1.29, 1.82) is 0 Å². The number of nitrogens with zero attached hydrogens (tertiary/aromatic N) is 4. The molecule has 34 heavy (non-hydrogen) atoms. The Balaban J connectivity index is 1.20. The number of anilines is 2. The lowest BCUT2D eigenvalue weighted by Crippen LogP contribution is -2.49. The van der Waals surface area contributed by atoms with Gasteiger partial charge in [0.15, 0.2) is 0 Å². The van der Waals surface area contributed by atoms with Gasteiger partial charge in [-0.3, -0.25) is 4.79 Å². The molecule has 0 saturated carbocycles. The summed E-state index contributed by atoms with van der Waals surface area (Å²) in [5.41, 5.74) is 4.33. The lowest BCUT2D eigenvalue weighted by atomic mass is 10.1. The van der Waals surface area contributed by atoms with Crippen LogP contribution in [0.15, 0.2) is 60.2 Å². The number of nitrogens with one attached hydrogen (secondary N) is 1. The first-order valence-electron chi connectivity index (χ1n) is 11.4. The van der Waals surface area contributed by atoms with Gasteiger partial charge in [-0.25, -0.2) is 14.4 Å². The quantitative estimate of drug-likeness (QED) is 0.427. The standard InChI is InChI=1S/C26H26FN5OS/c1-18-3-2-4-21(15-18)31-11-13-32(14-12-31)23(33)9-10-28-25-24-22(16-34-26(24)30-17-29-25)19-5-7-20(27)8-6-19/h2-8,15-17H,9-14H2,1H3,(H,28,29,30). The van der Waals surface area contributed by atoms with Crippen molar-refractivity contribution in [3.63, 3.8) is 0 Å². The molecule has 174 valence electrons. The highest BCUT2D eigenvalue weighted by Gasteiger charge is 2.21. The van der Waals surface area contributed by atoms with E-state index in [9.17, 15) is 9.18 Å². The van der Waals surface area contributed by atoms with E-state index in [-0.39, 0.29) is 11.7 Å². The number of amides is 1. The average Bonchev–Trinajstić information content (AvgIpc) is 3.30. The number of carbonyl (C=O) groups excluding carboxylic acids is 1. The van der Waals surface area contributed by atoms with Crippen LogP contribution in [0.3, 0.4) is 0 Å². The molecule has 5 rings (SSSR count). The Bertz CT molecular complexity index is 1300. The molecule has 0 atom stereocenters. The third-order valence-electron chi connectivity index (χ3n) is 6.16. The number of halogens is 1. The molecule has 1 amide bonds. The number of benzene rings is 2. The number of fused-ring (bicyclic) bond motifs is 1. The highest BCUT2D eigenvalue weighted by atomic mass is 32.1. The number of aromatic nitrogens is 2. The van der Waals surface area contributed by atoms with Crippen molar-refractivity contribution in [2.24, 2.45) is 0 Å². The molecule has 4 aromatic rings. The highest BCUT2D eigenvalue weighted by Crippen LogP contribution is 2.36. The Morgan fingerprint density at radius 3 is 2.65 bits per heavy atom. The number of piperazine rings is 1. The molecule has 8 heteroatoms. The third kappa shape index (κ3) is 4.72. The van der Waals surface area contributed by atoms with Crippen molar-refractivity contribution in [2.45, 2.75) is 13.3 Å². The van der Waals surface area contributed by atoms with Crippen molar-refractivity contribution in [1.82, 2.24) is 14.9 Å². The van der Waals surface area contributed by atoms with E-state index in [0.717, 1.165) is 47.5 Å². The molecule has 0 aliphatic carbocycles. The number of carbonyl (C=O) groups is 1. The Morgan fingerprint density at radius 1 is 1.09 bits per heavy atom. The van der Waals surface area contributed by atoms with E-state index < -0.39 is 0 Å². The molecule has 0 spiro atoms. The number of aryl methyl sites for hydroxylation is 1. The maximum atomic E-state index is 13.4. The molecule has 1 aliphatic rings. The second kappa shape index (κ2) is 9.77. The Morgan fingerprint density at radius 2 is 1.88 bits per heavy atom. The molecule has 6 nitrogen and oxygen atoms in total. The summed E-state index contributed by atoms with van der Waals surface area (Å²) in [5, 5.41) is 6.24. The van der Waals surface area contributed by atoms with E-state index in [1.54, 1.807) is 12.1 Å². The predicted molar refractivity (Wildman–Crippen MR) is 136 cm³/mol. The third-order valence-corrected chi connectivity index (χ3v) is 7.04. The molecule has 1 aliphatic heterocycles. The molecule has 1 saturated heterocycles. The second-order valence-electron chi connectivity index (χ2n) is 8.44. The number of rotatable bonds is 6. The van der Waals surface area contributed by atoms with Crippen molar-refractivity contribution in [3.05, 3.63) is 71.6 Å². The largest absolute Gasteiger partial charge is 0.369 e. The average molecular weight is 476 g/mol. The van der Waals surface area contributed by atoms with Gasteiger partial charge in [0.05, 0.1) is 5.39 Å². The molecule has 0 radical (unpaired) electrons. The van der Waals surface area contributed by atoms with Crippen LogP contribution in [0.5, 0.6) is 0 Å². The van der Waals surface area contributed by atoms with E-state index in [4.69, 9.17) is 0 Å². The molecule has 2 aromatic heterocycles. The maximum absolute atomic E-state index is 13.4. The Kier molecular flexibility index (Phi) is 6.40. The molecule has 1 fully saturated rings. The molecule has 2 aromatic carbocycles. The molecule has 0 unspecified atom stereocenters. The van der Waals surface area contributed by atoms with Crippen molar-refractivity contribution >= 4 is 39.0 Å². The van der Waals surface area contributed by atoms with Crippen LogP contribution in [0.4, 0.5) is 15.9 Å². The van der Waals surface area contributed by atoms with Gasteiger partial charge in [0.2, 0.25) is 5.91 Å². The molecular weight excluding hydrogens is 449 g/mol. The van der Waals surface area contributed by atoms with Crippen molar-refractivity contribution in [2.75, 3.05) is 42.9 Å². The van der Waals surface area contributed by atoms with Gasteiger partial charge in [-0.1, -0.05) is 24.3 Å². The highest BCUT2D eigenvalue weighted by molar-refractivity contribution is 7.17. The van der Waals surface area contributed by atoms with Crippen LogP contribution in [0.2, 0.25) is 0 Å². The maximum Gasteiger partial charge on any atom is 0.224 e. The van der Waals surface area contributed by atoms with Crippen LogP contribution in [0, 0.1) is 12.7 Å². The minimum absolute atomic E-state index is 0.144. The molecule has 0 bridgehead atoms. The number of thiophene rings is 1. The van der Waals surface area contributed by atoms with Crippen LogP contribution < -0.4 is 10.2 Å². The van der Waals surface area contributed by atoms with Crippen LogP contribution in [-0.4, -0.2) is 53.5 Å². The van der Waals surface area contributed by atoms with E-state index in [0.29, 0.717) is 18.8 Å². The van der Waals surface area contributed by atoms with E-state index >= 15 is 0 Å². The fourth-order valence-corrected chi connectivity index (χ4v) is 5.25. The van der Waals surface area contributed by atoms with Gasteiger partial charge in [-0.05, 0) is 42.3 Å². The van der Waals surface area contributed by atoms with E-state index in [1.165, 1.54) is 41.0 Å². The van der Waals surface area contributed by atoms with Gasteiger partial charge in [-0.15, -0.1) is 11.3 Å². The monoisotopic (exact) mass is 475 g/mol. The zero-order valence-electron chi connectivity index (χ0n) is 19.0. The van der Waals surface area contributed by atoms with Crippen molar-refractivity contribution < 1.29 is 9.18 Å². The van der Waals surface area contributed by atoms with Crippen molar-refractivity contribution in [3.8, 4) is 11.1 Å². The van der Waals surface area contributed by atoms with Gasteiger partial charge in [0.1, 0.15) is 22.8 Å². The summed E-state index contributed by atoms with van der Waals surface area (Å²) < 4.78 is 13.4. The van der Waals surface area contributed by atoms with Gasteiger partial charge in [0, 0.05) is 55.8 Å². The van der Waals surface area contributed by atoms with Crippen LogP contribution in [0.25, 0.3) is 21.3 Å². The fraction of sp³-hybridized carbons (Fsp3) is 0.269. The lowest BCUT2D eigenvalue weighted by Gasteiger charge is -2.36. The van der Waals surface area contributed by atoms with Gasteiger partial charge >= 0.3 is 0 Å². The zero-order chi connectivity index (χ0) is 23.5. The summed E-state index contributed by atoms with van der Waals surface area (Å²) in [6.07, 6.45) is 1.92. The SMILES string of the molecule is Cc1cccc(N2CCN(C(=O)CCNc3ncnc4scc(-c5ccc(F)cc5)c34)CC2)c1. The molecule has 3 heterocycles. The van der Waals surface area contributed by atoms with Crippen LogP contribution in [-0.2, 0) is 4.79 Å². The molecular formula is C26H26FN5OS. The second-order valence-corrected chi connectivity index (χ2v) is 9.30. The van der Waals surface area contributed by atoms with Crippen LogP contribution in [0.1, 0.15) is 12.0 Å². The summed E-state index contributed by atoms with van der Waals surface area (Å²) in [4.78, 5) is 26.7. The summed E-state index contributed by atoms with van der Waals surface area (Å²) >= 11 is 1.52. The van der Waals surface area contributed by atoms with Crippen LogP contribution >= 0.6 is 11.3 Å². The van der Waals surface area contributed by atoms with E-state index in [1.807, 2.05) is 10.3 Å². The smallest absolute Gasteiger partial charge is 0.224 e. The first-order chi connectivity index (χ1) is 16.6.